The predicted molar refractivity (Wildman–Crippen MR) is 135 cm³/mol. The van der Waals surface area contributed by atoms with Crippen molar-refractivity contribution in [2.24, 2.45) is 0 Å². The molecule has 34 heavy (non-hydrogen) atoms. The van der Waals surface area contributed by atoms with Crippen LogP contribution in [0.2, 0.25) is 0 Å². The fraction of sp³-hybridized carbons (Fsp3) is 0.214. The lowest BCUT2D eigenvalue weighted by Crippen LogP contribution is -2.26. The molecule has 1 aliphatic rings. The van der Waals surface area contributed by atoms with Gasteiger partial charge in [0.2, 0.25) is 0 Å². The van der Waals surface area contributed by atoms with Gasteiger partial charge in [-0.05, 0) is 74.7 Å². The van der Waals surface area contributed by atoms with Gasteiger partial charge in [0.05, 0.1) is 0 Å². The number of fused-ring (bicyclic) bond motifs is 1. The molecule has 1 heterocycles. The maximum absolute atomic E-state index is 13.3. The lowest BCUT2D eigenvalue weighted by Gasteiger charge is -2.18. The highest BCUT2D eigenvalue weighted by molar-refractivity contribution is 6.29. The zero-order valence-electron chi connectivity index (χ0n) is 19.8. The first-order valence-corrected chi connectivity index (χ1v) is 11.2. The lowest BCUT2D eigenvalue weighted by molar-refractivity contribution is -0.118. The van der Waals surface area contributed by atoms with Crippen LogP contribution in [0.5, 0.6) is 11.5 Å². The summed E-state index contributed by atoms with van der Waals surface area (Å²) in [5.74, 6) is 0.238. The smallest absolute Gasteiger partial charge is 0.261 e. The molecule has 1 aliphatic heterocycles. The normalized spacial score (nSPS) is 12.0. The van der Waals surface area contributed by atoms with Gasteiger partial charge in [-0.15, -0.1) is 0 Å². The molecule has 2 amide bonds. The van der Waals surface area contributed by atoms with Crippen molar-refractivity contribution in [3.05, 3.63) is 88.0 Å². The van der Waals surface area contributed by atoms with Crippen LogP contribution in [-0.2, 0) is 9.59 Å². The summed E-state index contributed by atoms with van der Waals surface area (Å²) in [5, 5.41) is 5.77. The van der Waals surface area contributed by atoms with E-state index in [9.17, 15) is 9.59 Å². The molecule has 0 aliphatic carbocycles. The highest BCUT2D eigenvalue weighted by Gasteiger charge is 2.21. The van der Waals surface area contributed by atoms with Crippen LogP contribution in [0.1, 0.15) is 27.8 Å². The lowest BCUT2D eigenvalue weighted by atomic mass is 10.1. The number of carbonyl (C=O) groups is 2. The summed E-state index contributed by atoms with van der Waals surface area (Å²) in [6.07, 6.45) is 1.57. The maximum Gasteiger partial charge on any atom is 0.261 e. The summed E-state index contributed by atoms with van der Waals surface area (Å²) in [7, 11) is 0. The van der Waals surface area contributed by atoms with E-state index < -0.39 is 11.8 Å². The Hall–Kier alpha value is -4.06. The Labute approximate surface area is 199 Å². The zero-order chi connectivity index (χ0) is 24.2. The number of hydrogen-bond donors (Lipinski definition) is 2. The maximum atomic E-state index is 13.3. The first-order valence-electron chi connectivity index (χ1n) is 11.2. The first-order chi connectivity index (χ1) is 16.3. The number of carbonyl (C=O) groups excluding carboxylic acids is 2. The van der Waals surface area contributed by atoms with E-state index in [2.05, 4.69) is 10.6 Å². The molecule has 6 nitrogen and oxygen atoms in total. The Kier molecular flexibility index (Phi) is 6.68. The monoisotopic (exact) mass is 456 g/mol. The van der Waals surface area contributed by atoms with E-state index in [1.807, 2.05) is 64.1 Å². The summed E-state index contributed by atoms with van der Waals surface area (Å²) in [4.78, 5) is 26.6. The van der Waals surface area contributed by atoms with Gasteiger partial charge in [-0.1, -0.05) is 41.5 Å². The Morgan fingerprint density at radius 2 is 1.24 bits per heavy atom. The van der Waals surface area contributed by atoms with E-state index in [-0.39, 0.29) is 5.57 Å². The van der Waals surface area contributed by atoms with Crippen molar-refractivity contribution in [2.45, 2.75) is 27.7 Å². The molecule has 0 saturated carbocycles. The molecule has 4 rings (SSSR count). The average Bonchev–Trinajstić information content (AvgIpc) is 2.81. The number of benzene rings is 3. The van der Waals surface area contributed by atoms with E-state index in [0.717, 1.165) is 22.3 Å². The van der Waals surface area contributed by atoms with Gasteiger partial charge in [-0.25, -0.2) is 0 Å². The van der Waals surface area contributed by atoms with Crippen molar-refractivity contribution >= 4 is 29.3 Å². The van der Waals surface area contributed by atoms with Crippen molar-refractivity contribution in [2.75, 3.05) is 23.8 Å². The molecule has 2 N–H and O–H groups in total. The quantitative estimate of drug-likeness (QED) is 0.308. The van der Waals surface area contributed by atoms with Crippen molar-refractivity contribution in [1.29, 1.82) is 0 Å². The van der Waals surface area contributed by atoms with E-state index in [1.165, 1.54) is 0 Å². The molecule has 0 bridgehead atoms. The summed E-state index contributed by atoms with van der Waals surface area (Å²) in [6.45, 7) is 8.76. The van der Waals surface area contributed by atoms with Gasteiger partial charge in [0.25, 0.3) is 11.8 Å². The van der Waals surface area contributed by atoms with Crippen LogP contribution in [-0.4, -0.2) is 25.0 Å². The minimum Gasteiger partial charge on any atom is -0.486 e. The van der Waals surface area contributed by atoms with Crippen molar-refractivity contribution < 1.29 is 19.1 Å². The molecule has 0 fully saturated rings. The second kappa shape index (κ2) is 9.83. The topological polar surface area (TPSA) is 76.7 Å². The molecule has 3 aromatic rings. The predicted octanol–water partition coefficient (Wildman–Crippen LogP) is 5.35. The third-order valence-corrected chi connectivity index (χ3v) is 5.63. The molecule has 0 atom stereocenters. The van der Waals surface area contributed by atoms with E-state index >= 15 is 0 Å². The summed E-state index contributed by atoms with van der Waals surface area (Å²) >= 11 is 0. The van der Waals surface area contributed by atoms with Crippen LogP contribution in [0, 0.1) is 27.7 Å². The van der Waals surface area contributed by atoms with Crippen LogP contribution in [0.25, 0.3) is 6.08 Å². The highest BCUT2D eigenvalue weighted by atomic mass is 16.6. The van der Waals surface area contributed by atoms with Crippen LogP contribution in [0.4, 0.5) is 11.4 Å². The summed E-state index contributed by atoms with van der Waals surface area (Å²) < 4.78 is 11.2. The SMILES string of the molecule is Cc1ccc(NC(=O)C(=Cc2ccc3c(c2)OCCO3)C(=O)Nc2ccc(C)cc2C)c(C)c1. The number of rotatable bonds is 5. The van der Waals surface area contributed by atoms with Crippen LogP contribution >= 0.6 is 0 Å². The Bertz CT molecular complexity index is 1230. The second-order valence-electron chi connectivity index (χ2n) is 8.51. The van der Waals surface area contributed by atoms with Crippen LogP contribution < -0.4 is 20.1 Å². The number of aryl methyl sites for hydroxylation is 4. The summed E-state index contributed by atoms with van der Waals surface area (Å²) in [5.41, 5.74) is 5.97. The van der Waals surface area contributed by atoms with Crippen LogP contribution in [0.15, 0.2) is 60.2 Å². The molecule has 0 unspecified atom stereocenters. The number of ether oxygens (including phenoxy) is 2. The molecule has 3 aromatic carbocycles. The Morgan fingerprint density at radius 1 is 0.706 bits per heavy atom. The third-order valence-electron chi connectivity index (χ3n) is 5.63. The molecule has 174 valence electrons. The fourth-order valence-electron chi connectivity index (χ4n) is 3.84. The largest absolute Gasteiger partial charge is 0.486 e. The zero-order valence-corrected chi connectivity index (χ0v) is 19.8. The van der Waals surface area contributed by atoms with Gasteiger partial charge < -0.3 is 20.1 Å². The van der Waals surface area contributed by atoms with Gasteiger partial charge in [-0.2, -0.15) is 0 Å². The minimum atomic E-state index is -0.496. The Morgan fingerprint density at radius 3 is 1.76 bits per heavy atom. The molecular weight excluding hydrogens is 428 g/mol. The molecule has 0 saturated heterocycles. The summed E-state index contributed by atoms with van der Waals surface area (Å²) in [6, 6.07) is 16.8. The van der Waals surface area contributed by atoms with Gasteiger partial charge in [0.15, 0.2) is 11.5 Å². The van der Waals surface area contributed by atoms with E-state index in [1.54, 1.807) is 24.3 Å². The molecular formula is C28H28N2O4. The third kappa shape index (κ3) is 5.29. The fourth-order valence-corrected chi connectivity index (χ4v) is 3.84. The molecule has 0 aromatic heterocycles. The molecule has 0 radical (unpaired) electrons. The molecule has 0 spiro atoms. The van der Waals surface area contributed by atoms with Gasteiger partial charge in [-0.3, -0.25) is 9.59 Å². The number of hydrogen-bond acceptors (Lipinski definition) is 4. The first kappa shape index (κ1) is 23.1. The van der Waals surface area contributed by atoms with E-state index in [0.29, 0.717) is 41.7 Å². The van der Waals surface area contributed by atoms with E-state index in [4.69, 9.17) is 9.47 Å². The van der Waals surface area contributed by atoms with Gasteiger partial charge >= 0.3 is 0 Å². The minimum absolute atomic E-state index is 0.0170. The standard InChI is InChI=1S/C28H28N2O4/c1-17-5-8-23(19(3)13-17)29-27(31)22(28(32)30-24-9-6-18(2)14-20(24)4)15-21-7-10-25-26(16-21)34-12-11-33-25/h5-10,13-16H,11-12H2,1-4H3,(H,29,31)(H,30,32). The van der Waals surface area contributed by atoms with Gasteiger partial charge in [0, 0.05) is 11.4 Å². The number of amides is 2. The van der Waals surface area contributed by atoms with Crippen molar-refractivity contribution in [3.8, 4) is 11.5 Å². The molecule has 6 heteroatoms. The average molecular weight is 457 g/mol. The van der Waals surface area contributed by atoms with Crippen LogP contribution in [0.3, 0.4) is 0 Å². The Balaban J connectivity index is 1.68. The van der Waals surface area contributed by atoms with Crippen molar-refractivity contribution in [1.82, 2.24) is 0 Å². The number of nitrogens with one attached hydrogen (secondary N) is 2. The second-order valence-corrected chi connectivity index (χ2v) is 8.51. The van der Waals surface area contributed by atoms with Crippen molar-refractivity contribution in [3.63, 3.8) is 0 Å². The van der Waals surface area contributed by atoms with Gasteiger partial charge in [0.1, 0.15) is 18.8 Å². The number of anilines is 2. The highest BCUT2D eigenvalue weighted by Crippen LogP contribution is 2.31.